The van der Waals surface area contributed by atoms with Crippen LogP contribution in [0.4, 0.5) is 24.5 Å². The molecule has 0 unspecified atom stereocenters. The van der Waals surface area contributed by atoms with E-state index >= 15 is 0 Å². The summed E-state index contributed by atoms with van der Waals surface area (Å²) in [5.41, 5.74) is -0.473. The lowest BCUT2D eigenvalue weighted by atomic mass is 9.75. The van der Waals surface area contributed by atoms with Gasteiger partial charge in [-0.05, 0) is 55.6 Å². The predicted molar refractivity (Wildman–Crippen MR) is 122 cm³/mol. The lowest BCUT2D eigenvalue weighted by Crippen LogP contribution is -2.54. The molecule has 3 saturated heterocycles. The zero-order chi connectivity index (χ0) is 24.9. The van der Waals surface area contributed by atoms with Crippen LogP contribution in [0.1, 0.15) is 36.5 Å². The second kappa shape index (κ2) is 7.30. The van der Waals surface area contributed by atoms with Crippen molar-refractivity contribution in [3.63, 3.8) is 0 Å². The van der Waals surface area contributed by atoms with E-state index in [1.54, 1.807) is 0 Å². The summed E-state index contributed by atoms with van der Waals surface area (Å²) in [5.74, 6) is -3.58. The first-order chi connectivity index (χ1) is 16.6. The lowest BCUT2D eigenvalue weighted by molar-refractivity contribution is -0.137. The van der Waals surface area contributed by atoms with E-state index in [1.165, 1.54) is 0 Å². The molecule has 4 heterocycles. The van der Waals surface area contributed by atoms with Gasteiger partial charge in [-0.3, -0.25) is 19.3 Å². The van der Waals surface area contributed by atoms with Crippen molar-refractivity contribution in [2.24, 2.45) is 11.8 Å². The number of benzene rings is 2. The molecular weight excluding hydrogens is 483 g/mol. The molecule has 4 aliphatic heterocycles. The number of carbonyl (C=O) groups excluding carboxylic acids is 3. The van der Waals surface area contributed by atoms with Crippen LogP contribution in [0.3, 0.4) is 0 Å². The Bertz CT molecular complexity index is 1310. The lowest BCUT2D eigenvalue weighted by Gasteiger charge is -2.37. The van der Waals surface area contributed by atoms with Crippen LogP contribution in [0.5, 0.6) is 0 Å². The van der Waals surface area contributed by atoms with E-state index in [9.17, 15) is 27.6 Å². The highest BCUT2D eigenvalue weighted by atomic mass is 35.5. The SMILES string of the molecule is CCc1ccc2c(c1)[C@]1(C(=O)N2)[C@@H]2C(=O)N(c3cc(C(F)(F)F)ccc3Cl)C(=O)[C@@H]2[C@H]2CCCN21. The van der Waals surface area contributed by atoms with Gasteiger partial charge in [-0.1, -0.05) is 30.7 Å². The maximum Gasteiger partial charge on any atom is 0.416 e. The van der Waals surface area contributed by atoms with Gasteiger partial charge in [0.15, 0.2) is 0 Å². The van der Waals surface area contributed by atoms with E-state index in [1.807, 2.05) is 30.0 Å². The van der Waals surface area contributed by atoms with Crippen LogP contribution < -0.4 is 10.2 Å². The van der Waals surface area contributed by atoms with Crippen molar-refractivity contribution in [2.45, 2.75) is 43.9 Å². The Kier molecular flexibility index (Phi) is 4.70. The summed E-state index contributed by atoms with van der Waals surface area (Å²) in [6.45, 7) is 2.53. The number of rotatable bonds is 2. The number of alkyl halides is 3. The predicted octanol–water partition coefficient (Wildman–Crippen LogP) is 4.35. The van der Waals surface area contributed by atoms with E-state index in [0.717, 1.165) is 35.1 Å². The Balaban J connectivity index is 1.54. The average molecular weight is 504 g/mol. The highest BCUT2D eigenvalue weighted by molar-refractivity contribution is 6.36. The molecular formula is C25H21ClF3N3O3. The molecule has 3 amide bonds. The number of fused-ring (bicyclic) bond motifs is 7. The first-order valence-corrected chi connectivity index (χ1v) is 11.9. The van der Waals surface area contributed by atoms with Gasteiger partial charge in [-0.25, -0.2) is 4.90 Å². The summed E-state index contributed by atoms with van der Waals surface area (Å²) >= 11 is 6.22. The summed E-state index contributed by atoms with van der Waals surface area (Å²) in [5, 5.41) is 2.76. The van der Waals surface area contributed by atoms with Crippen LogP contribution in [0.25, 0.3) is 0 Å². The van der Waals surface area contributed by atoms with Gasteiger partial charge >= 0.3 is 6.18 Å². The maximum absolute atomic E-state index is 14.0. The van der Waals surface area contributed by atoms with Gasteiger partial charge in [0.05, 0.1) is 28.1 Å². The summed E-state index contributed by atoms with van der Waals surface area (Å²) in [4.78, 5) is 44.1. The molecule has 0 aromatic heterocycles. The number of nitrogens with zero attached hydrogens (tertiary/aromatic N) is 2. The molecule has 6 nitrogen and oxygen atoms in total. The second-order valence-electron chi connectivity index (χ2n) is 9.54. The van der Waals surface area contributed by atoms with Crippen LogP contribution in [0, 0.1) is 11.8 Å². The van der Waals surface area contributed by atoms with E-state index < -0.39 is 40.9 Å². The number of hydrogen-bond acceptors (Lipinski definition) is 4. The normalized spacial score (nSPS) is 29.7. The molecule has 0 bridgehead atoms. The third-order valence-corrected chi connectivity index (χ3v) is 8.30. The van der Waals surface area contributed by atoms with Crippen LogP contribution in [-0.4, -0.2) is 35.2 Å². The number of carbonyl (C=O) groups is 3. The van der Waals surface area contributed by atoms with Crippen molar-refractivity contribution in [3.8, 4) is 0 Å². The third kappa shape index (κ3) is 2.79. The quantitative estimate of drug-likeness (QED) is 0.619. The van der Waals surface area contributed by atoms with Crippen molar-refractivity contribution < 1.29 is 27.6 Å². The number of halogens is 4. The van der Waals surface area contributed by atoms with Crippen LogP contribution in [0.15, 0.2) is 36.4 Å². The Morgan fingerprint density at radius 1 is 1.11 bits per heavy atom. The van der Waals surface area contributed by atoms with Gasteiger partial charge in [0.2, 0.25) is 17.7 Å². The van der Waals surface area contributed by atoms with E-state index in [4.69, 9.17) is 11.6 Å². The molecule has 35 heavy (non-hydrogen) atoms. The molecule has 4 atom stereocenters. The minimum Gasteiger partial charge on any atom is -0.324 e. The third-order valence-electron chi connectivity index (χ3n) is 7.98. The van der Waals surface area contributed by atoms with Gasteiger partial charge in [-0.15, -0.1) is 0 Å². The van der Waals surface area contributed by atoms with E-state index in [-0.39, 0.29) is 22.7 Å². The van der Waals surface area contributed by atoms with Crippen molar-refractivity contribution in [2.75, 3.05) is 16.8 Å². The van der Waals surface area contributed by atoms with Crippen molar-refractivity contribution in [3.05, 3.63) is 58.1 Å². The molecule has 2 aromatic carbocycles. The largest absolute Gasteiger partial charge is 0.416 e. The summed E-state index contributed by atoms with van der Waals surface area (Å²) in [7, 11) is 0. The molecule has 2 aromatic rings. The highest BCUT2D eigenvalue weighted by Crippen LogP contribution is 2.61. The molecule has 0 aliphatic carbocycles. The first kappa shape index (κ1) is 22.5. The number of aryl methyl sites for hydroxylation is 1. The Morgan fingerprint density at radius 3 is 2.60 bits per heavy atom. The molecule has 3 fully saturated rings. The number of imide groups is 1. The monoisotopic (exact) mass is 503 g/mol. The molecule has 182 valence electrons. The summed E-state index contributed by atoms with van der Waals surface area (Å²) < 4.78 is 40.3. The van der Waals surface area contributed by atoms with Crippen molar-refractivity contribution in [1.29, 1.82) is 0 Å². The molecule has 0 saturated carbocycles. The van der Waals surface area contributed by atoms with Crippen molar-refractivity contribution >= 4 is 40.7 Å². The summed E-state index contributed by atoms with van der Waals surface area (Å²) in [6.07, 6.45) is -2.60. The molecule has 1 N–H and O–H groups in total. The second-order valence-corrected chi connectivity index (χ2v) is 9.94. The maximum atomic E-state index is 14.0. The van der Waals surface area contributed by atoms with Crippen LogP contribution in [-0.2, 0) is 32.5 Å². The van der Waals surface area contributed by atoms with E-state index in [0.29, 0.717) is 30.6 Å². The van der Waals surface area contributed by atoms with Gasteiger partial charge in [0.25, 0.3) is 0 Å². The minimum atomic E-state index is -4.68. The summed E-state index contributed by atoms with van der Waals surface area (Å²) in [6, 6.07) is 7.83. The Labute approximate surface area is 204 Å². The van der Waals surface area contributed by atoms with Gasteiger partial charge in [0.1, 0.15) is 5.54 Å². The fourth-order valence-electron chi connectivity index (χ4n) is 6.57. The van der Waals surface area contributed by atoms with Crippen molar-refractivity contribution in [1.82, 2.24) is 4.90 Å². The topological polar surface area (TPSA) is 69.7 Å². The standard InChI is InChI=1S/C25H21ClF3N3O3/c1-2-12-5-8-16-14(10-12)24(23(35)30-16)20-19(17-4-3-9-31(17)24)21(33)32(22(20)34)18-11-13(25(27,28)29)6-7-15(18)26/h5-8,10-11,17,19-20H,2-4,9H2,1H3,(H,30,35)/t17-,19-,20+,24-/m1/s1. The van der Waals surface area contributed by atoms with Gasteiger partial charge in [-0.2, -0.15) is 13.2 Å². The number of anilines is 2. The smallest absolute Gasteiger partial charge is 0.324 e. The number of hydrogen-bond donors (Lipinski definition) is 1. The Hall–Kier alpha value is -2.91. The molecule has 10 heteroatoms. The molecule has 1 spiro atoms. The first-order valence-electron chi connectivity index (χ1n) is 11.6. The van der Waals surface area contributed by atoms with Gasteiger partial charge < -0.3 is 5.32 Å². The van der Waals surface area contributed by atoms with Crippen LogP contribution >= 0.6 is 11.6 Å². The highest BCUT2D eigenvalue weighted by Gasteiger charge is 2.74. The number of nitrogens with one attached hydrogen (secondary N) is 1. The molecule has 4 aliphatic rings. The molecule has 0 radical (unpaired) electrons. The van der Waals surface area contributed by atoms with Gasteiger partial charge in [0, 0.05) is 17.3 Å². The van der Waals surface area contributed by atoms with Crippen LogP contribution in [0.2, 0.25) is 5.02 Å². The minimum absolute atomic E-state index is 0.137. The average Bonchev–Trinajstić information content (AvgIpc) is 3.51. The zero-order valence-corrected chi connectivity index (χ0v) is 19.4. The zero-order valence-electron chi connectivity index (χ0n) is 18.7. The van der Waals surface area contributed by atoms with E-state index in [2.05, 4.69) is 5.32 Å². The fourth-order valence-corrected chi connectivity index (χ4v) is 6.77. The fraction of sp³-hybridized carbons (Fsp3) is 0.400. The Morgan fingerprint density at radius 2 is 1.89 bits per heavy atom. The molecule has 6 rings (SSSR count). The number of amides is 3.